The number of esters is 2. The van der Waals surface area contributed by atoms with Gasteiger partial charge in [-0.3, -0.25) is 4.79 Å². The Bertz CT molecular complexity index is 770. The van der Waals surface area contributed by atoms with Crippen molar-refractivity contribution in [1.82, 2.24) is 0 Å². The quantitative estimate of drug-likeness (QED) is 0.701. The predicted octanol–water partition coefficient (Wildman–Crippen LogP) is 2.10. The molecule has 2 rings (SSSR count). The molecule has 0 fully saturated rings. The standard InChI is InChI=1S/C17H17NO7S/c1-22-11-3-5-12(6-4-11)24-10-15(20)25-9-14(19)18-13-7-8-26-16(13)17(21)23-2/h3-8H,9-10H2,1-2H3,(H,18,19). The van der Waals surface area contributed by atoms with E-state index in [1.807, 2.05) is 0 Å². The van der Waals surface area contributed by atoms with E-state index < -0.39 is 24.5 Å². The first kappa shape index (κ1) is 19.3. The van der Waals surface area contributed by atoms with Crippen molar-refractivity contribution in [1.29, 1.82) is 0 Å². The molecule has 8 nitrogen and oxygen atoms in total. The Kier molecular flexibility index (Phi) is 6.98. The lowest BCUT2D eigenvalue weighted by Gasteiger charge is -2.08. The maximum absolute atomic E-state index is 11.8. The number of rotatable bonds is 8. The molecule has 0 atom stereocenters. The van der Waals surface area contributed by atoms with E-state index in [2.05, 4.69) is 10.1 Å². The predicted molar refractivity (Wildman–Crippen MR) is 93.7 cm³/mol. The van der Waals surface area contributed by atoms with Crippen LogP contribution in [0.5, 0.6) is 11.5 Å². The van der Waals surface area contributed by atoms with Crippen LogP contribution < -0.4 is 14.8 Å². The molecule has 1 aromatic carbocycles. The lowest BCUT2D eigenvalue weighted by atomic mass is 10.3. The van der Waals surface area contributed by atoms with Gasteiger partial charge in [-0.05, 0) is 35.7 Å². The van der Waals surface area contributed by atoms with Gasteiger partial charge in [-0.25, -0.2) is 9.59 Å². The van der Waals surface area contributed by atoms with E-state index in [9.17, 15) is 14.4 Å². The number of hydrogen-bond donors (Lipinski definition) is 1. The Labute approximate surface area is 153 Å². The molecule has 0 saturated carbocycles. The zero-order chi connectivity index (χ0) is 18.9. The second kappa shape index (κ2) is 9.42. The van der Waals surface area contributed by atoms with E-state index >= 15 is 0 Å². The molecule has 2 aromatic rings. The number of carbonyl (C=O) groups is 3. The molecule has 0 saturated heterocycles. The molecule has 0 unspecified atom stereocenters. The van der Waals surface area contributed by atoms with Crippen molar-refractivity contribution in [3.8, 4) is 11.5 Å². The minimum atomic E-state index is -0.700. The number of thiophene rings is 1. The van der Waals surface area contributed by atoms with Crippen molar-refractivity contribution in [2.75, 3.05) is 32.8 Å². The number of carbonyl (C=O) groups excluding carboxylic acids is 3. The van der Waals surface area contributed by atoms with E-state index in [-0.39, 0.29) is 11.5 Å². The number of anilines is 1. The van der Waals surface area contributed by atoms with E-state index in [1.54, 1.807) is 42.8 Å². The molecular weight excluding hydrogens is 362 g/mol. The zero-order valence-corrected chi connectivity index (χ0v) is 15.0. The zero-order valence-electron chi connectivity index (χ0n) is 14.1. The fourth-order valence-corrected chi connectivity index (χ4v) is 2.61. The number of nitrogens with one attached hydrogen (secondary N) is 1. The summed E-state index contributed by atoms with van der Waals surface area (Å²) in [5.41, 5.74) is 0.303. The Morgan fingerprint density at radius 2 is 1.69 bits per heavy atom. The average molecular weight is 379 g/mol. The van der Waals surface area contributed by atoms with Crippen LogP contribution in [0, 0.1) is 0 Å². The van der Waals surface area contributed by atoms with Gasteiger partial charge >= 0.3 is 11.9 Å². The van der Waals surface area contributed by atoms with Crippen molar-refractivity contribution in [3.05, 3.63) is 40.6 Å². The Morgan fingerprint density at radius 1 is 1.00 bits per heavy atom. The van der Waals surface area contributed by atoms with Gasteiger partial charge in [0.2, 0.25) is 0 Å². The Balaban J connectivity index is 1.75. The molecule has 0 radical (unpaired) electrons. The van der Waals surface area contributed by atoms with E-state index in [0.717, 1.165) is 11.3 Å². The van der Waals surface area contributed by atoms with Crippen LogP contribution in [0.2, 0.25) is 0 Å². The summed E-state index contributed by atoms with van der Waals surface area (Å²) in [6, 6.07) is 8.22. The summed E-state index contributed by atoms with van der Waals surface area (Å²) in [7, 11) is 2.79. The SMILES string of the molecule is COC(=O)c1sccc1NC(=O)COC(=O)COc1ccc(OC)cc1. The van der Waals surface area contributed by atoms with Gasteiger partial charge in [-0.15, -0.1) is 11.3 Å². The number of hydrogen-bond acceptors (Lipinski definition) is 8. The van der Waals surface area contributed by atoms with Crippen LogP contribution in [0.15, 0.2) is 35.7 Å². The Hall–Kier alpha value is -3.07. The molecule has 138 valence electrons. The van der Waals surface area contributed by atoms with Crippen molar-refractivity contribution in [2.24, 2.45) is 0 Å². The fraction of sp³-hybridized carbons (Fsp3) is 0.235. The number of methoxy groups -OCH3 is 2. The monoisotopic (exact) mass is 379 g/mol. The summed E-state index contributed by atoms with van der Waals surface area (Å²) >= 11 is 1.13. The second-order valence-electron chi connectivity index (χ2n) is 4.83. The summed E-state index contributed by atoms with van der Waals surface area (Å²) in [4.78, 5) is 35.3. The molecule has 26 heavy (non-hydrogen) atoms. The third-order valence-corrected chi connectivity index (χ3v) is 3.98. The lowest BCUT2D eigenvalue weighted by molar-refractivity contribution is -0.149. The maximum Gasteiger partial charge on any atom is 0.350 e. The molecule has 0 spiro atoms. The largest absolute Gasteiger partial charge is 0.497 e. The highest BCUT2D eigenvalue weighted by atomic mass is 32.1. The highest BCUT2D eigenvalue weighted by Crippen LogP contribution is 2.23. The van der Waals surface area contributed by atoms with Crippen LogP contribution in [-0.2, 0) is 19.1 Å². The van der Waals surface area contributed by atoms with Crippen molar-refractivity contribution >= 4 is 34.9 Å². The van der Waals surface area contributed by atoms with Gasteiger partial charge in [-0.1, -0.05) is 0 Å². The first-order valence-electron chi connectivity index (χ1n) is 7.41. The third-order valence-electron chi connectivity index (χ3n) is 3.09. The number of amides is 1. The fourth-order valence-electron chi connectivity index (χ4n) is 1.85. The molecule has 9 heteroatoms. The highest BCUT2D eigenvalue weighted by molar-refractivity contribution is 7.12. The van der Waals surface area contributed by atoms with Gasteiger partial charge in [0.05, 0.1) is 19.9 Å². The first-order valence-corrected chi connectivity index (χ1v) is 8.29. The second-order valence-corrected chi connectivity index (χ2v) is 5.74. The third kappa shape index (κ3) is 5.49. The molecular formula is C17H17NO7S. The summed E-state index contributed by atoms with van der Waals surface area (Å²) < 4.78 is 19.7. The first-order chi connectivity index (χ1) is 12.5. The lowest BCUT2D eigenvalue weighted by Crippen LogP contribution is -2.24. The normalized spacial score (nSPS) is 9.92. The average Bonchev–Trinajstić information content (AvgIpc) is 3.12. The molecule has 1 heterocycles. The summed E-state index contributed by atoms with van der Waals surface area (Å²) in [6.45, 7) is -0.841. The van der Waals surface area contributed by atoms with Gasteiger partial charge in [-0.2, -0.15) is 0 Å². The van der Waals surface area contributed by atoms with Crippen LogP contribution >= 0.6 is 11.3 Å². The van der Waals surface area contributed by atoms with E-state index in [4.69, 9.17) is 14.2 Å². The van der Waals surface area contributed by atoms with Gasteiger partial charge in [0.1, 0.15) is 16.4 Å². The van der Waals surface area contributed by atoms with Crippen LogP contribution in [-0.4, -0.2) is 45.3 Å². The van der Waals surface area contributed by atoms with Crippen molar-refractivity contribution in [2.45, 2.75) is 0 Å². The molecule has 1 N–H and O–H groups in total. The molecule has 0 aliphatic carbocycles. The summed E-state index contributed by atoms with van der Waals surface area (Å²) in [6.07, 6.45) is 0. The molecule has 1 aromatic heterocycles. The van der Waals surface area contributed by atoms with E-state index in [1.165, 1.54) is 7.11 Å². The maximum atomic E-state index is 11.8. The van der Waals surface area contributed by atoms with Crippen LogP contribution in [0.1, 0.15) is 9.67 Å². The number of ether oxygens (including phenoxy) is 4. The molecule has 1 amide bonds. The highest BCUT2D eigenvalue weighted by Gasteiger charge is 2.16. The smallest absolute Gasteiger partial charge is 0.350 e. The van der Waals surface area contributed by atoms with Crippen LogP contribution in [0.25, 0.3) is 0 Å². The number of benzene rings is 1. The molecule has 0 aliphatic rings. The molecule has 0 aliphatic heterocycles. The summed E-state index contributed by atoms with van der Waals surface area (Å²) in [5.74, 6) is -0.703. The minimum Gasteiger partial charge on any atom is -0.497 e. The topological polar surface area (TPSA) is 100 Å². The van der Waals surface area contributed by atoms with Crippen LogP contribution in [0.4, 0.5) is 5.69 Å². The molecule has 0 bridgehead atoms. The summed E-state index contributed by atoms with van der Waals surface area (Å²) in [5, 5.41) is 4.12. The van der Waals surface area contributed by atoms with Gasteiger partial charge in [0.25, 0.3) is 5.91 Å². The van der Waals surface area contributed by atoms with E-state index in [0.29, 0.717) is 17.2 Å². The van der Waals surface area contributed by atoms with Crippen LogP contribution in [0.3, 0.4) is 0 Å². The van der Waals surface area contributed by atoms with Gasteiger partial charge in [0.15, 0.2) is 13.2 Å². The van der Waals surface area contributed by atoms with Crippen molar-refractivity contribution < 1.29 is 33.3 Å². The Morgan fingerprint density at radius 3 is 2.35 bits per heavy atom. The van der Waals surface area contributed by atoms with Gasteiger partial charge in [0, 0.05) is 0 Å². The van der Waals surface area contributed by atoms with Crippen molar-refractivity contribution in [3.63, 3.8) is 0 Å². The minimum absolute atomic E-state index is 0.259. The van der Waals surface area contributed by atoms with Gasteiger partial charge < -0.3 is 24.3 Å².